The van der Waals surface area contributed by atoms with E-state index in [2.05, 4.69) is 36.0 Å². The number of hydrogen-bond donors (Lipinski definition) is 1. The van der Waals surface area contributed by atoms with E-state index in [0.29, 0.717) is 12.0 Å². The largest absolute Gasteiger partial charge is 0.311 e. The summed E-state index contributed by atoms with van der Waals surface area (Å²) >= 11 is 0. The van der Waals surface area contributed by atoms with Gasteiger partial charge in [-0.3, -0.25) is 4.98 Å². The zero-order chi connectivity index (χ0) is 15.4. The Balaban J connectivity index is 2.00. The molecule has 0 aliphatic carbocycles. The fourth-order valence-corrected chi connectivity index (χ4v) is 3.50. The average Bonchev–Trinajstić information content (AvgIpc) is 2.45. The van der Waals surface area contributed by atoms with Gasteiger partial charge < -0.3 is 10.2 Å². The second-order valence-corrected chi connectivity index (χ2v) is 6.62. The molecule has 21 heavy (non-hydrogen) atoms. The first-order valence-electron chi connectivity index (χ1n) is 8.04. The maximum absolute atomic E-state index is 13.0. The molecular weight excluding hydrogens is 265 g/mol. The first kappa shape index (κ1) is 16.4. The molecule has 118 valence electrons. The van der Waals surface area contributed by atoms with Crippen LogP contribution in [0, 0.1) is 17.7 Å². The van der Waals surface area contributed by atoms with Crippen LogP contribution in [0.3, 0.4) is 0 Å². The zero-order valence-electron chi connectivity index (χ0n) is 13.6. The van der Waals surface area contributed by atoms with Gasteiger partial charge in [-0.15, -0.1) is 0 Å². The number of hydrogen-bond acceptors (Lipinski definition) is 3. The van der Waals surface area contributed by atoms with Crippen LogP contribution in [-0.2, 0) is 0 Å². The molecule has 1 aromatic heterocycles. The summed E-state index contributed by atoms with van der Waals surface area (Å²) in [6, 6.07) is 4.09. The molecule has 0 radical (unpaired) electrons. The van der Waals surface area contributed by atoms with Crippen LogP contribution in [0.25, 0.3) is 0 Å². The van der Waals surface area contributed by atoms with Crippen molar-refractivity contribution in [2.45, 2.75) is 45.7 Å². The van der Waals surface area contributed by atoms with Gasteiger partial charge in [0.1, 0.15) is 5.82 Å². The van der Waals surface area contributed by atoms with Crippen LogP contribution in [0.1, 0.15) is 45.3 Å². The van der Waals surface area contributed by atoms with Crippen LogP contribution in [0.4, 0.5) is 4.39 Å². The lowest BCUT2D eigenvalue weighted by atomic mass is 9.91. The summed E-state index contributed by atoms with van der Waals surface area (Å²) in [5.74, 6) is 0.995. The summed E-state index contributed by atoms with van der Waals surface area (Å²) in [7, 11) is 1.95. The van der Waals surface area contributed by atoms with Crippen LogP contribution < -0.4 is 5.32 Å². The molecule has 1 saturated heterocycles. The third-order valence-electron chi connectivity index (χ3n) is 4.75. The van der Waals surface area contributed by atoms with Gasteiger partial charge in [-0.1, -0.05) is 13.8 Å². The molecular formula is C17H28FN3. The summed E-state index contributed by atoms with van der Waals surface area (Å²) in [5, 5.41) is 3.34. The highest BCUT2D eigenvalue weighted by Gasteiger charge is 2.27. The monoisotopic (exact) mass is 293 g/mol. The Morgan fingerprint density at radius 2 is 2.19 bits per heavy atom. The highest BCUT2D eigenvalue weighted by atomic mass is 19.1. The topological polar surface area (TPSA) is 28.2 Å². The first-order valence-corrected chi connectivity index (χ1v) is 8.04. The maximum atomic E-state index is 13.0. The van der Waals surface area contributed by atoms with Gasteiger partial charge in [0.2, 0.25) is 0 Å². The van der Waals surface area contributed by atoms with Crippen LogP contribution in [0.15, 0.2) is 18.3 Å². The van der Waals surface area contributed by atoms with E-state index in [9.17, 15) is 4.39 Å². The predicted octanol–water partition coefficient (Wildman–Crippen LogP) is 3.24. The fourth-order valence-electron chi connectivity index (χ4n) is 3.50. The molecule has 0 amide bonds. The number of aromatic nitrogens is 1. The Kier molecular flexibility index (Phi) is 5.71. The zero-order valence-corrected chi connectivity index (χ0v) is 13.6. The van der Waals surface area contributed by atoms with E-state index >= 15 is 0 Å². The SMILES string of the molecule is CNC(c1ccc(F)cn1)C(C)CN1CCC(C)CC1C. The number of rotatable bonds is 5. The van der Waals surface area contributed by atoms with Gasteiger partial charge in [-0.05, 0) is 57.3 Å². The molecule has 1 aliphatic rings. The first-order chi connectivity index (χ1) is 10.0. The maximum Gasteiger partial charge on any atom is 0.141 e. The van der Waals surface area contributed by atoms with Crippen molar-refractivity contribution < 1.29 is 4.39 Å². The van der Waals surface area contributed by atoms with E-state index in [1.54, 1.807) is 6.07 Å². The molecule has 4 heteroatoms. The van der Waals surface area contributed by atoms with Crippen LogP contribution in [-0.4, -0.2) is 36.1 Å². The highest BCUT2D eigenvalue weighted by Crippen LogP contribution is 2.26. The lowest BCUT2D eigenvalue weighted by Gasteiger charge is -2.39. The van der Waals surface area contributed by atoms with Crippen LogP contribution in [0.2, 0.25) is 0 Å². The molecule has 1 fully saturated rings. The summed E-state index contributed by atoms with van der Waals surface area (Å²) in [5.41, 5.74) is 0.921. The van der Waals surface area contributed by atoms with Gasteiger partial charge in [0.05, 0.1) is 17.9 Å². The lowest BCUT2D eigenvalue weighted by molar-refractivity contribution is 0.104. The standard InChI is InChI=1S/C17H28FN3/c1-12-7-8-21(14(3)9-12)11-13(2)17(19-4)16-6-5-15(18)10-20-16/h5-6,10,12-14,17,19H,7-9,11H2,1-4H3. The van der Waals surface area contributed by atoms with Crippen molar-refractivity contribution in [1.82, 2.24) is 15.2 Å². The summed E-state index contributed by atoms with van der Waals surface area (Å²) < 4.78 is 13.0. The lowest BCUT2D eigenvalue weighted by Crippen LogP contribution is -2.44. The van der Waals surface area contributed by atoms with E-state index in [4.69, 9.17) is 0 Å². The number of piperidine rings is 1. The average molecular weight is 293 g/mol. The number of nitrogens with zero attached hydrogens (tertiary/aromatic N) is 2. The molecule has 1 aromatic rings. The molecule has 0 spiro atoms. The minimum atomic E-state index is -0.278. The van der Waals surface area contributed by atoms with Crippen molar-refractivity contribution in [1.29, 1.82) is 0 Å². The molecule has 0 bridgehead atoms. The molecule has 3 nitrogen and oxygen atoms in total. The van der Waals surface area contributed by atoms with Gasteiger partial charge in [-0.2, -0.15) is 0 Å². The number of likely N-dealkylation sites (tertiary alicyclic amines) is 1. The van der Waals surface area contributed by atoms with Crippen molar-refractivity contribution in [3.8, 4) is 0 Å². The number of nitrogens with one attached hydrogen (secondary N) is 1. The minimum absolute atomic E-state index is 0.164. The van der Waals surface area contributed by atoms with E-state index in [1.165, 1.54) is 31.6 Å². The van der Waals surface area contributed by atoms with Gasteiger partial charge in [0.15, 0.2) is 0 Å². The van der Waals surface area contributed by atoms with Crippen LogP contribution >= 0.6 is 0 Å². The second-order valence-electron chi connectivity index (χ2n) is 6.62. The molecule has 1 N–H and O–H groups in total. The minimum Gasteiger partial charge on any atom is -0.311 e. The summed E-state index contributed by atoms with van der Waals surface area (Å²) in [6.45, 7) is 9.15. The van der Waals surface area contributed by atoms with Gasteiger partial charge >= 0.3 is 0 Å². The van der Waals surface area contributed by atoms with Crippen molar-refractivity contribution in [3.05, 3.63) is 29.8 Å². The van der Waals surface area contributed by atoms with E-state index in [1.807, 2.05) is 7.05 Å². The van der Waals surface area contributed by atoms with Crippen molar-refractivity contribution >= 4 is 0 Å². The summed E-state index contributed by atoms with van der Waals surface area (Å²) in [4.78, 5) is 6.82. The molecule has 2 heterocycles. The highest BCUT2D eigenvalue weighted by molar-refractivity contribution is 5.11. The van der Waals surface area contributed by atoms with Gasteiger partial charge in [-0.25, -0.2) is 4.39 Å². The summed E-state index contributed by atoms with van der Waals surface area (Å²) in [6.07, 6.45) is 3.87. The van der Waals surface area contributed by atoms with Crippen molar-refractivity contribution in [2.24, 2.45) is 11.8 Å². The van der Waals surface area contributed by atoms with E-state index in [-0.39, 0.29) is 11.9 Å². The van der Waals surface area contributed by atoms with Crippen molar-refractivity contribution in [2.75, 3.05) is 20.1 Å². The van der Waals surface area contributed by atoms with E-state index < -0.39 is 0 Å². The molecule has 4 atom stereocenters. The Labute approximate surface area is 127 Å². The van der Waals surface area contributed by atoms with Gasteiger partial charge in [0.25, 0.3) is 0 Å². The van der Waals surface area contributed by atoms with Gasteiger partial charge in [0, 0.05) is 12.6 Å². The molecule has 0 saturated carbocycles. The molecule has 1 aliphatic heterocycles. The predicted molar refractivity (Wildman–Crippen MR) is 84.6 cm³/mol. The second kappa shape index (κ2) is 7.32. The Hall–Kier alpha value is -1.00. The van der Waals surface area contributed by atoms with Crippen molar-refractivity contribution in [3.63, 3.8) is 0 Å². The number of pyridine rings is 1. The normalized spacial score (nSPS) is 26.5. The Morgan fingerprint density at radius 3 is 2.76 bits per heavy atom. The Bertz CT molecular complexity index is 434. The smallest absolute Gasteiger partial charge is 0.141 e. The third-order valence-corrected chi connectivity index (χ3v) is 4.75. The Morgan fingerprint density at radius 1 is 1.43 bits per heavy atom. The van der Waals surface area contributed by atoms with Crippen LogP contribution in [0.5, 0.6) is 0 Å². The quantitative estimate of drug-likeness (QED) is 0.903. The van der Waals surface area contributed by atoms with E-state index in [0.717, 1.165) is 18.2 Å². The molecule has 2 rings (SSSR count). The third kappa shape index (κ3) is 4.24. The molecule has 4 unspecified atom stereocenters. The fraction of sp³-hybridized carbons (Fsp3) is 0.706. The molecule has 0 aromatic carbocycles. The number of halogens is 1.